The highest BCUT2D eigenvalue weighted by molar-refractivity contribution is 6.31. The molecule has 0 radical (unpaired) electrons. The second-order valence-corrected chi connectivity index (χ2v) is 4.54. The zero-order chi connectivity index (χ0) is 15.4. The standard InChI is InChI=1S/C15H10ClFN2O2/c1-21-11-4-5-12(13(17)7-11)15(20)19-14-6-10(16)3-2-9(14)8-18/h2-7H,1H3,(H,19,20). The average Bonchev–Trinajstić information content (AvgIpc) is 2.47. The number of carbonyl (C=O) groups excluding carboxylic acids is 1. The van der Waals surface area contributed by atoms with Gasteiger partial charge in [-0.1, -0.05) is 11.6 Å². The van der Waals surface area contributed by atoms with Crippen molar-refractivity contribution in [2.45, 2.75) is 0 Å². The van der Waals surface area contributed by atoms with Crippen LogP contribution in [0.3, 0.4) is 0 Å². The maximum atomic E-state index is 13.8. The van der Waals surface area contributed by atoms with Gasteiger partial charge in [0.2, 0.25) is 0 Å². The quantitative estimate of drug-likeness (QED) is 0.942. The minimum atomic E-state index is -0.715. The summed E-state index contributed by atoms with van der Waals surface area (Å²) in [6, 6.07) is 10.2. The zero-order valence-corrected chi connectivity index (χ0v) is 11.7. The molecule has 0 saturated heterocycles. The third kappa shape index (κ3) is 3.30. The topological polar surface area (TPSA) is 62.1 Å². The number of hydrogen-bond acceptors (Lipinski definition) is 3. The molecule has 0 atom stereocenters. The van der Waals surface area contributed by atoms with Crippen LogP contribution in [0.25, 0.3) is 0 Å². The van der Waals surface area contributed by atoms with Crippen molar-refractivity contribution in [2.24, 2.45) is 0 Å². The van der Waals surface area contributed by atoms with Gasteiger partial charge in [-0.3, -0.25) is 4.79 Å². The molecule has 0 aliphatic heterocycles. The van der Waals surface area contributed by atoms with Gasteiger partial charge in [0.25, 0.3) is 5.91 Å². The molecule has 1 N–H and O–H groups in total. The lowest BCUT2D eigenvalue weighted by atomic mass is 10.1. The Labute approximate surface area is 125 Å². The fourth-order valence-corrected chi connectivity index (χ4v) is 1.89. The van der Waals surface area contributed by atoms with Gasteiger partial charge >= 0.3 is 0 Å². The van der Waals surface area contributed by atoms with Gasteiger partial charge in [-0.2, -0.15) is 5.26 Å². The van der Waals surface area contributed by atoms with Crippen molar-refractivity contribution in [1.29, 1.82) is 5.26 Å². The van der Waals surface area contributed by atoms with Gasteiger partial charge < -0.3 is 10.1 Å². The number of nitrogens with one attached hydrogen (secondary N) is 1. The van der Waals surface area contributed by atoms with Crippen molar-refractivity contribution >= 4 is 23.2 Å². The van der Waals surface area contributed by atoms with Crippen LogP contribution in [0.1, 0.15) is 15.9 Å². The Kier molecular flexibility index (Phi) is 4.41. The van der Waals surface area contributed by atoms with Gasteiger partial charge in [-0.25, -0.2) is 4.39 Å². The molecule has 2 rings (SSSR count). The summed E-state index contributed by atoms with van der Waals surface area (Å²) in [4.78, 5) is 12.1. The fraction of sp³-hybridized carbons (Fsp3) is 0.0667. The van der Waals surface area contributed by atoms with Crippen molar-refractivity contribution in [3.63, 3.8) is 0 Å². The highest BCUT2D eigenvalue weighted by atomic mass is 35.5. The fourth-order valence-electron chi connectivity index (χ4n) is 1.71. The van der Waals surface area contributed by atoms with E-state index in [2.05, 4.69) is 5.32 Å². The molecule has 2 aromatic rings. The molecule has 0 saturated carbocycles. The summed E-state index contributed by atoms with van der Waals surface area (Å²) in [5.74, 6) is -1.08. The smallest absolute Gasteiger partial charge is 0.258 e. The molecule has 0 aromatic heterocycles. The maximum absolute atomic E-state index is 13.8. The third-order valence-electron chi connectivity index (χ3n) is 2.77. The number of nitrogens with zero attached hydrogens (tertiary/aromatic N) is 1. The highest BCUT2D eigenvalue weighted by Gasteiger charge is 2.14. The lowest BCUT2D eigenvalue weighted by Crippen LogP contribution is -2.14. The van der Waals surface area contributed by atoms with Crippen molar-refractivity contribution in [3.8, 4) is 11.8 Å². The Morgan fingerprint density at radius 3 is 2.71 bits per heavy atom. The number of hydrogen-bond donors (Lipinski definition) is 1. The maximum Gasteiger partial charge on any atom is 0.258 e. The van der Waals surface area contributed by atoms with Gasteiger partial charge in [0.15, 0.2) is 0 Å². The third-order valence-corrected chi connectivity index (χ3v) is 3.01. The van der Waals surface area contributed by atoms with Crippen molar-refractivity contribution in [3.05, 3.63) is 58.4 Å². The first kappa shape index (κ1) is 14.8. The number of ether oxygens (including phenoxy) is 1. The summed E-state index contributed by atoms with van der Waals surface area (Å²) in [5.41, 5.74) is 0.312. The molecule has 0 spiro atoms. The van der Waals surface area contributed by atoms with Crippen molar-refractivity contribution < 1.29 is 13.9 Å². The Balaban J connectivity index is 2.30. The predicted molar refractivity (Wildman–Crippen MR) is 77.1 cm³/mol. The van der Waals surface area contributed by atoms with E-state index >= 15 is 0 Å². The van der Waals surface area contributed by atoms with Gasteiger partial charge in [0.1, 0.15) is 17.6 Å². The van der Waals surface area contributed by atoms with E-state index in [9.17, 15) is 9.18 Å². The Morgan fingerprint density at radius 1 is 1.33 bits per heavy atom. The largest absolute Gasteiger partial charge is 0.497 e. The number of methoxy groups -OCH3 is 1. The van der Waals surface area contributed by atoms with Crippen LogP contribution in [0.4, 0.5) is 10.1 Å². The van der Waals surface area contributed by atoms with Gasteiger partial charge in [0.05, 0.1) is 23.9 Å². The molecule has 4 nitrogen and oxygen atoms in total. The number of amides is 1. The molecule has 2 aromatic carbocycles. The van der Waals surface area contributed by atoms with E-state index in [4.69, 9.17) is 21.6 Å². The van der Waals surface area contributed by atoms with E-state index in [0.29, 0.717) is 10.8 Å². The first-order chi connectivity index (χ1) is 10.0. The average molecular weight is 305 g/mol. The molecule has 0 aliphatic rings. The van der Waals surface area contributed by atoms with E-state index < -0.39 is 11.7 Å². The number of benzene rings is 2. The van der Waals surface area contributed by atoms with Crippen LogP contribution in [-0.4, -0.2) is 13.0 Å². The molecule has 1 amide bonds. The lowest BCUT2D eigenvalue weighted by Gasteiger charge is -2.09. The van der Waals surface area contributed by atoms with E-state index in [0.717, 1.165) is 6.07 Å². The van der Waals surface area contributed by atoms with Crippen molar-refractivity contribution in [2.75, 3.05) is 12.4 Å². The molecule has 0 fully saturated rings. The van der Waals surface area contributed by atoms with Gasteiger partial charge in [0, 0.05) is 11.1 Å². The second-order valence-electron chi connectivity index (χ2n) is 4.10. The number of halogens is 2. The second kappa shape index (κ2) is 6.25. The summed E-state index contributed by atoms with van der Waals surface area (Å²) in [6.45, 7) is 0. The van der Waals surface area contributed by atoms with Crippen LogP contribution in [0, 0.1) is 17.1 Å². The predicted octanol–water partition coefficient (Wildman–Crippen LogP) is 3.61. The minimum Gasteiger partial charge on any atom is -0.497 e. The molecule has 0 aliphatic carbocycles. The Hall–Kier alpha value is -2.58. The van der Waals surface area contributed by atoms with Crippen LogP contribution >= 0.6 is 11.6 Å². The summed E-state index contributed by atoms with van der Waals surface area (Å²) in [7, 11) is 1.40. The van der Waals surface area contributed by atoms with Crippen LogP contribution in [0.5, 0.6) is 5.75 Å². The molecular formula is C15H10ClFN2O2. The summed E-state index contributed by atoms with van der Waals surface area (Å²) in [5, 5.41) is 11.8. The van der Waals surface area contributed by atoms with E-state index in [1.807, 2.05) is 6.07 Å². The highest BCUT2D eigenvalue weighted by Crippen LogP contribution is 2.22. The molecular weight excluding hydrogens is 295 g/mol. The SMILES string of the molecule is COc1ccc(C(=O)Nc2cc(Cl)ccc2C#N)c(F)c1. The first-order valence-corrected chi connectivity index (χ1v) is 6.27. The number of anilines is 1. The number of carbonyl (C=O) groups is 1. The monoisotopic (exact) mass is 304 g/mol. The van der Waals surface area contributed by atoms with E-state index in [-0.39, 0.29) is 16.8 Å². The summed E-state index contributed by atoms with van der Waals surface area (Å²) >= 11 is 5.82. The normalized spacial score (nSPS) is 9.81. The Bertz CT molecular complexity index is 741. The molecule has 0 unspecified atom stereocenters. The van der Waals surface area contributed by atoms with Crippen LogP contribution in [0.15, 0.2) is 36.4 Å². The lowest BCUT2D eigenvalue weighted by molar-refractivity contribution is 0.102. The van der Waals surface area contributed by atoms with E-state index in [1.165, 1.54) is 37.4 Å². The first-order valence-electron chi connectivity index (χ1n) is 5.89. The summed E-state index contributed by atoms with van der Waals surface area (Å²) in [6.07, 6.45) is 0. The van der Waals surface area contributed by atoms with Crippen LogP contribution < -0.4 is 10.1 Å². The van der Waals surface area contributed by atoms with E-state index in [1.54, 1.807) is 0 Å². The Morgan fingerprint density at radius 2 is 2.10 bits per heavy atom. The zero-order valence-electron chi connectivity index (χ0n) is 11.0. The van der Waals surface area contributed by atoms with Crippen molar-refractivity contribution in [1.82, 2.24) is 0 Å². The number of nitriles is 1. The van der Waals surface area contributed by atoms with Crippen LogP contribution in [0.2, 0.25) is 5.02 Å². The minimum absolute atomic E-state index is 0.153. The molecule has 0 bridgehead atoms. The molecule has 21 heavy (non-hydrogen) atoms. The molecule has 6 heteroatoms. The van der Waals surface area contributed by atoms with Gasteiger partial charge in [-0.05, 0) is 30.3 Å². The van der Waals surface area contributed by atoms with Crippen LogP contribution in [-0.2, 0) is 0 Å². The molecule has 0 heterocycles. The number of rotatable bonds is 3. The van der Waals surface area contributed by atoms with Gasteiger partial charge in [-0.15, -0.1) is 0 Å². The summed E-state index contributed by atoms with van der Waals surface area (Å²) < 4.78 is 18.7. The molecule has 106 valence electrons.